The van der Waals surface area contributed by atoms with Gasteiger partial charge in [0.2, 0.25) is 0 Å². The van der Waals surface area contributed by atoms with Gasteiger partial charge in [-0.2, -0.15) is 0 Å². The number of aryl methyl sites for hydroxylation is 1. The van der Waals surface area contributed by atoms with Crippen LogP contribution in [0, 0.1) is 23.5 Å². The van der Waals surface area contributed by atoms with Gasteiger partial charge in [-0.05, 0) is 68.8 Å². The Balaban J connectivity index is 1.24. The number of aromatic nitrogens is 1. The van der Waals surface area contributed by atoms with Gasteiger partial charge in [0, 0.05) is 35.9 Å². The Morgan fingerprint density at radius 2 is 1.76 bits per heavy atom. The van der Waals surface area contributed by atoms with E-state index in [9.17, 15) is 18.4 Å². The van der Waals surface area contributed by atoms with E-state index in [2.05, 4.69) is 10.1 Å². The topological polar surface area (TPSA) is 63.4 Å². The second kappa shape index (κ2) is 8.98. The number of hydrogen-bond donors (Lipinski definition) is 0. The molecule has 1 fully saturated rings. The van der Waals surface area contributed by atoms with Crippen molar-refractivity contribution in [2.75, 3.05) is 19.6 Å². The van der Waals surface area contributed by atoms with Crippen LogP contribution < -0.4 is 0 Å². The Bertz CT molecular complexity index is 1180. The first-order valence-electron chi connectivity index (χ1n) is 11.3. The zero-order valence-corrected chi connectivity index (χ0v) is 18.1. The number of hydrogen-bond acceptors (Lipinski definition) is 5. The Labute approximate surface area is 190 Å². The fourth-order valence-electron chi connectivity index (χ4n) is 4.94. The van der Waals surface area contributed by atoms with E-state index in [4.69, 9.17) is 4.52 Å². The average Bonchev–Trinajstić information content (AvgIpc) is 3.26. The van der Waals surface area contributed by atoms with Gasteiger partial charge in [0.05, 0.1) is 5.56 Å². The number of likely N-dealkylation sites (tertiary alicyclic amines) is 1. The summed E-state index contributed by atoms with van der Waals surface area (Å²) in [6.07, 6.45) is 2.66. The van der Waals surface area contributed by atoms with E-state index >= 15 is 0 Å². The molecule has 0 amide bonds. The number of carbonyl (C=O) groups excluding carboxylic acids is 2. The standard InChI is InChI=1S/C26H24F2N2O3/c27-19-8-5-16(6-9-19)25(31)17-11-13-30(14-12-17)15-18-7-10-22-23(26(18)32)24(29-33-22)20-3-1-2-4-21(20)28/h1-6,8-9,17-18H,7,10-15H2. The number of ketones is 2. The van der Waals surface area contributed by atoms with Crippen molar-refractivity contribution in [1.29, 1.82) is 0 Å². The number of Topliss-reactive ketones (excluding diaryl/α,β-unsaturated/α-hetero) is 2. The maximum absolute atomic E-state index is 14.3. The molecule has 1 aliphatic heterocycles. The van der Waals surface area contributed by atoms with E-state index in [0.717, 1.165) is 13.1 Å². The molecule has 2 heterocycles. The molecule has 2 aromatic carbocycles. The summed E-state index contributed by atoms with van der Waals surface area (Å²) < 4.78 is 32.8. The van der Waals surface area contributed by atoms with Gasteiger partial charge in [0.25, 0.3) is 0 Å². The van der Waals surface area contributed by atoms with Crippen LogP contribution in [-0.2, 0) is 6.42 Å². The van der Waals surface area contributed by atoms with E-state index in [1.807, 2.05) is 0 Å². The summed E-state index contributed by atoms with van der Waals surface area (Å²) in [5.41, 5.74) is 1.49. The highest BCUT2D eigenvalue weighted by molar-refractivity contribution is 6.04. The molecular weight excluding hydrogens is 426 g/mol. The van der Waals surface area contributed by atoms with Gasteiger partial charge >= 0.3 is 0 Å². The Morgan fingerprint density at radius 3 is 2.48 bits per heavy atom. The zero-order chi connectivity index (χ0) is 22.9. The third-order valence-corrected chi connectivity index (χ3v) is 6.79. The second-order valence-corrected chi connectivity index (χ2v) is 8.86. The number of piperidine rings is 1. The first-order chi connectivity index (χ1) is 16.0. The molecule has 1 saturated heterocycles. The molecule has 0 spiro atoms. The van der Waals surface area contributed by atoms with Crippen LogP contribution in [0.25, 0.3) is 11.3 Å². The smallest absolute Gasteiger partial charge is 0.173 e. The third kappa shape index (κ3) is 4.25. The largest absolute Gasteiger partial charge is 0.360 e. The second-order valence-electron chi connectivity index (χ2n) is 8.86. The summed E-state index contributed by atoms with van der Waals surface area (Å²) in [6.45, 7) is 2.04. The van der Waals surface area contributed by atoms with Crippen molar-refractivity contribution in [3.63, 3.8) is 0 Å². The number of nitrogens with zero attached hydrogens (tertiary/aromatic N) is 2. The first-order valence-corrected chi connectivity index (χ1v) is 11.3. The van der Waals surface area contributed by atoms with Crippen LogP contribution in [0.15, 0.2) is 53.1 Å². The molecule has 0 N–H and O–H groups in total. The molecule has 2 aliphatic rings. The Kier molecular flexibility index (Phi) is 5.89. The number of halogens is 2. The minimum atomic E-state index is -0.434. The van der Waals surface area contributed by atoms with Crippen LogP contribution in [-0.4, -0.2) is 41.3 Å². The highest BCUT2D eigenvalue weighted by Crippen LogP contribution is 2.35. The summed E-state index contributed by atoms with van der Waals surface area (Å²) >= 11 is 0. The van der Waals surface area contributed by atoms with Gasteiger partial charge in [-0.3, -0.25) is 9.59 Å². The molecule has 170 valence electrons. The van der Waals surface area contributed by atoms with Crippen LogP contribution in [0.3, 0.4) is 0 Å². The fourth-order valence-corrected chi connectivity index (χ4v) is 4.94. The van der Waals surface area contributed by atoms with Gasteiger partial charge in [0.1, 0.15) is 23.1 Å². The van der Waals surface area contributed by atoms with Crippen LogP contribution in [0.2, 0.25) is 0 Å². The molecule has 1 aliphatic carbocycles. The van der Waals surface area contributed by atoms with Crippen molar-refractivity contribution in [2.24, 2.45) is 11.8 Å². The molecule has 33 heavy (non-hydrogen) atoms. The summed E-state index contributed by atoms with van der Waals surface area (Å²) in [7, 11) is 0. The summed E-state index contributed by atoms with van der Waals surface area (Å²) in [5, 5.41) is 4.01. The highest BCUT2D eigenvalue weighted by atomic mass is 19.1. The minimum Gasteiger partial charge on any atom is -0.360 e. The van der Waals surface area contributed by atoms with Crippen molar-refractivity contribution in [2.45, 2.75) is 25.7 Å². The molecule has 5 nitrogen and oxygen atoms in total. The number of carbonyl (C=O) groups is 2. The molecule has 0 saturated carbocycles. The summed E-state index contributed by atoms with van der Waals surface area (Å²) in [4.78, 5) is 28.3. The van der Waals surface area contributed by atoms with Gasteiger partial charge in [-0.15, -0.1) is 0 Å². The van der Waals surface area contributed by atoms with Gasteiger partial charge in [-0.25, -0.2) is 8.78 Å². The van der Waals surface area contributed by atoms with Crippen LogP contribution in [0.4, 0.5) is 8.78 Å². The molecule has 7 heteroatoms. The van der Waals surface area contributed by atoms with Crippen molar-refractivity contribution in [3.8, 4) is 11.3 Å². The lowest BCUT2D eigenvalue weighted by Gasteiger charge is -2.34. The van der Waals surface area contributed by atoms with Gasteiger partial charge in [0.15, 0.2) is 11.6 Å². The predicted molar refractivity (Wildman–Crippen MR) is 118 cm³/mol. The maximum Gasteiger partial charge on any atom is 0.173 e. The summed E-state index contributed by atoms with van der Waals surface area (Å²) in [6, 6.07) is 12.0. The monoisotopic (exact) mass is 450 g/mol. The van der Waals surface area contributed by atoms with Gasteiger partial charge in [-0.1, -0.05) is 17.3 Å². The van der Waals surface area contributed by atoms with Gasteiger partial charge < -0.3 is 9.42 Å². The molecule has 1 aromatic heterocycles. The molecule has 1 atom stereocenters. The SMILES string of the molecule is O=C(c1ccc(F)cc1)C1CCN(CC2CCc3onc(-c4ccccc4F)c3C2=O)CC1. The normalized spacial score (nSPS) is 19.5. The number of benzene rings is 2. The Morgan fingerprint density at radius 1 is 1.03 bits per heavy atom. The lowest BCUT2D eigenvalue weighted by molar-refractivity contribution is 0.0758. The molecule has 0 radical (unpaired) electrons. The fraction of sp³-hybridized carbons (Fsp3) is 0.346. The van der Waals surface area contributed by atoms with Crippen LogP contribution in [0.1, 0.15) is 45.7 Å². The summed E-state index contributed by atoms with van der Waals surface area (Å²) in [5.74, 6) is -0.577. The van der Waals surface area contributed by atoms with E-state index in [0.29, 0.717) is 49.1 Å². The number of rotatable bonds is 5. The zero-order valence-electron chi connectivity index (χ0n) is 18.1. The van der Waals surface area contributed by atoms with Crippen LogP contribution >= 0.6 is 0 Å². The molecular formula is C26H24F2N2O3. The first kappa shape index (κ1) is 21.6. The predicted octanol–water partition coefficient (Wildman–Crippen LogP) is 4.96. The quantitative estimate of drug-likeness (QED) is 0.514. The minimum absolute atomic E-state index is 0.0482. The third-order valence-electron chi connectivity index (χ3n) is 6.79. The average molecular weight is 450 g/mol. The molecule has 3 aromatic rings. The maximum atomic E-state index is 14.3. The van der Waals surface area contributed by atoms with E-state index in [1.54, 1.807) is 18.2 Å². The van der Waals surface area contributed by atoms with Crippen LogP contribution in [0.5, 0.6) is 0 Å². The van der Waals surface area contributed by atoms with Crippen molar-refractivity contribution < 1.29 is 22.9 Å². The van der Waals surface area contributed by atoms with E-state index in [1.165, 1.54) is 30.3 Å². The molecule has 5 rings (SSSR count). The molecule has 1 unspecified atom stereocenters. The van der Waals surface area contributed by atoms with Crippen molar-refractivity contribution >= 4 is 11.6 Å². The van der Waals surface area contributed by atoms with E-state index in [-0.39, 0.29) is 40.5 Å². The van der Waals surface area contributed by atoms with E-state index < -0.39 is 5.82 Å². The van der Waals surface area contributed by atoms with Crippen molar-refractivity contribution in [1.82, 2.24) is 10.1 Å². The van der Waals surface area contributed by atoms with Crippen molar-refractivity contribution in [3.05, 3.63) is 77.1 Å². The highest BCUT2D eigenvalue weighted by Gasteiger charge is 2.36. The number of fused-ring (bicyclic) bond motifs is 1. The lowest BCUT2D eigenvalue weighted by atomic mass is 9.83. The molecule has 0 bridgehead atoms. The Hall–Kier alpha value is -3.19. The lowest BCUT2D eigenvalue weighted by Crippen LogP contribution is -2.41.